The fourth-order valence-corrected chi connectivity index (χ4v) is 5.91. The van der Waals surface area contributed by atoms with Crippen LogP contribution in [0, 0.1) is 0 Å². The number of nitrogens with one attached hydrogen (secondary N) is 2. The molecule has 2 aromatic rings. The number of rotatable bonds is 9. The van der Waals surface area contributed by atoms with Crippen LogP contribution in [-0.2, 0) is 27.2 Å². The Morgan fingerprint density at radius 1 is 1.06 bits per heavy atom. The van der Waals surface area contributed by atoms with E-state index in [2.05, 4.69) is 17.6 Å². The van der Waals surface area contributed by atoms with E-state index in [9.17, 15) is 14.4 Å². The monoisotopic (exact) mass is 488 g/mol. The van der Waals surface area contributed by atoms with Gasteiger partial charge in [-0.3, -0.25) is 9.59 Å². The Hall–Kier alpha value is -2.32. The largest absolute Gasteiger partial charge is 0.465 e. The molecule has 0 spiro atoms. The SMILES string of the molecule is CCCCC(=O)Nc1cccc(SCC(=O)Nc2sc3c(c2C(=O)OC)CCCCCC3)c1. The first kappa shape index (κ1) is 25.3. The summed E-state index contributed by atoms with van der Waals surface area (Å²) in [6.07, 6.45) is 8.62. The highest BCUT2D eigenvalue weighted by atomic mass is 32.2. The number of ether oxygens (including phenoxy) is 1. The van der Waals surface area contributed by atoms with Gasteiger partial charge < -0.3 is 15.4 Å². The molecule has 1 heterocycles. The van der Waals surface area contributed by atoms with Crippen molar-refractivity contribution >= 4 is 51.6 Å². The lowest BCUT2D eigenvalue weighted by molar-refractivity contribution is -0.116. The molecule has 1 aliphatic rings. The zero-order chi connectivity index (χ0) is 23.6. The topological polar surface area (TPSA) is 84.5 Å². The molecule has 0 saturated heterocycles. The van der Waals surface area contributed by atoms with E-state index >= 15 is 0 Å². The van der Waals surface area contributed by atoms with Crippen LogP contribution in [0.1, 0.15) is 72.7 Å². The molecule has 2 N–H and O–H groups in total. The number of thioether (sulfide) groups is 1. The van der Waals surface area contributed by atoms with E-state index in [-0.39, 0.29) is 23.5 Å². The van der Waals surface area contributed by atoms with E-state index in [1.54, 1.807) is 0 Å². The first-order chi connectivity index (χ1) is 16.0. The van der Waals surface area contributed by atoms with E-state index in [0.717, 1.165) is 61.1 Å². The van der Waals surface area contributed by atoms with Crippen LogP contribution in [0.5, 0.6) is 0 Å². The number of fused-ring (bicyclic) bond motifs is 1. The normalized spacial score (nSPS) is 13.4. The van der Waals surface area contributed by atoms with Crippen LogP contribution in [-0.4, -0.2) is 30.6 Å². The molecule has 0 radical (unpaired) electrons. The van der Waals surface area contributed by atoms with Gasteiger partial charge in [-0.1, -0.05) is 32.3 Å². The number of hydrogen-bond acceptors (Lipinski definition) is 6. The summed E-state index contributed by atoms with van der Waals surface area (Å²) in [7, 11) is 1.38. The van der Waals surface area contributed by atoms with Crippen molar-refractivity contribution in [2.45, 2.75) is 69.6 Å². The summed E-state index contributed by atoms with van der Waals surface area (Å²) >= 11 is 2.90. The standard InChI is InChI=1S/C25H32N2O4S2/c1-3-4-14-21(28)26-17-10-9-11-18(15-17)32-16-22(29)27-24-23(25(30)31-2)19-12-7-5-6-8-13-20(19)33-24/h9-11,15H,3-8,12-14,16H2,1-2H3,(H,26,28)(H,27,29). The molecule has 33 heavy (non-hydrogen) atoms. The van der Waals surface area contributed by atoms with Crippen molar-refractivity contribution in [2.75, 3.05) is 23.5 Å². The summed E-state index contributed by atoms with van der Waals surface area (Å²) in [5.41, 5.74) is 2.29. The van der Waals surface area contributed by atoms with Gasteiger partial charge in [0, 0.05) is 21.9 Å². The summed E-state index contributed by atoms with van der Waals surface area (Å²) in [5.74, 6) is -0.351. The number of esters is 1. The van der Waals surface area contributed by atoms with Crippen LogP contribution in [0.4, 0.5) is 10.7 Å². The predicted molar refractivity (Wildman–Crippen MR) is 135 cm³/mol. The molecule has 0 unspecified atom stereocenters. The zero-order valence-corrected chi connectivity index (χ0v) is 21.0. The van der Waals surface area contributed by atoms with Gasteiger partial charge >= 0.3 is 5.97 Å². The van der Waals surface area contributed by atoms with Gasteiger partial charge in [-0.25, -0.2) is 4.79 Å². The van der Waals surface area contributed by atoms with Gasteiger partial charge in [-0.2, -0.15) is 0 Å². The van der Waals surface area contributed by atoms with Crippen molar-refractivity contribution in [3.05, 3.63) is 40.3 Å². The Morgan fingerprint density at radius 3 is 2.61 bits per heavy atom. The van der Waals surface area contributed by atoms with Crippen LogP contribution in [0.25, 0.3) is 0 Å². The van der Waals surface area contributed by atoms with Gasteiger partial charge in [0.2, 0.25) is 11.8 Å². The van der Waals surface area contributed by atoms with Crippen molar-refractivity contribution in [1.82, 2.24) is 0 Å². The number of carbonyl (C=O) groups excluding carboxylic acids is 3. The second kappa shape index (κ2) is 12.8. The Labute approximate surface area is 203 Å². The molecule has 0 atom stereocenters. The minimum atomic E-state index is -0.387. The Balaban J connectivity index is 1.64. The maximum atomic E-state index is 12.7. The molecule has 1 aromatic heterocycles. The number of hydrogen-bond donors (Lipinski definition) is 2. The molecular formula is C25H32N2O4S2. The Morgan fingerprint density at radius 2 is 1.85 bits per heavy atom. The highest BCUT2D eigenvalue weighted by Gasteiger charge is 2.25. The predicted octanol–water partition coefficient (Wildman–Crippen LogP) is 6.05. The summed E-state index contributed by atoms with van der Waals surface area (Å²) in [6, 6.07) is 7.50. The number of methoxy groups -OCH3 is 1. The van der Waals surface area contributed by atoms with Crippen molar-refractivity contribution in [3.8, 4) is 0 Å². The summed E-state index contributed by atoms with van der Waals surface area (Å²) in [4.78, 5) is 39.3. The molecule has 1 aromatic carbocycles. The summed E-state index contributed by atoms with van der Waals surface area (Å²) in [5, 5.41) is 6.45. The molecule has 1 aliphatic carbocycles. The third kappa shape index (κ3) is 7.33. The van der Waals surface area contributed by atoms with Crippen LogP contribution in [0.15, 0.2) is 29.2 Å². The van der Waals surface area contributed by atoms with Gasteiger partial charge in [0.25, 0.3) is 0 Å². The smallest absolute Gasteiger partial charge is 0.341 e. The van der Waals surface area contributed by atoms with Gasteiger partial charge in [-0.05, 0) is 55.9 Å². The fourth-order valence-electron chi connectivity index (χ4n) is 3.86. The molecule has 0 aliphatic heterocycles. The number of anilines is 2. The zero-order valence-electron chi connectivity index (χ0n) is 19.3. The summed E-state index contributed by atoms with van der Waals surface area (Å²) in [6.45, 7) is 2.05. The lowest BCUT2D eigenvalue weighted by Crippen LogP contribution is -2.16. The molecular weight excluding hydrogens is 456 g/mol. The van der Waals surface area contributed by atoms with Crippen LogP contribution >= 0.6 is 23.1 Å². The van der Waals surface area contributed by atoms with E-state index in [0.29, 0.717) is 17.0 Å². The molecule has 0 saturated carbocycles. The number of unbranched alkanes of at least 4 members (excludes halogenated alkanes) is 1. The van der Waals surface area contributed by atoms with Crippen LogP contribution in [0.3, 0.4) is 0 Å². The van der Waals surface area contributed by atoms with Crippen molar-refractivity contribution in [1.29, 1.82) is 0 Å². The van der Waals surface area contributed by atoms with Crippen molar-refractivity contribution in [2.24, 2.45) is 0 Å². The van der Waals surface area contributed by atoms with E-state index in [4.69, 9.17) is 4.74 Å². The number of benzene rings is 1. The number of amides is 2. The van der Waals surface area contributed by atoms with Gasteiger partial charge in [-0.15, -0.1) is 23.1 Å². The molecule has 3 rings (SSSR count). The van der Waals surface area contributed by atoms with Crippen LogP contribution in [0.2, 0.25) is 0 Å². The van der Waals surface area contributed by atoms with Crippen molar-refractivity contribution < 1.29 is 19.1 Å². The molecule has 6 nitrogen and oxygen atoms in total. The van der Waals surface area contributed by atoms with Crippen LogP contribution < -0.4 is 10.6 Å². The maximum Gasteiger partial charge on any atom is 0.341 e. The van der Waals surface area contributed by atoms with Gasteiger partial charge in [0.1, 0.15) is 5.00 Å². The highest BCUT2D eigenvalue weighted by Crippen LogP contribution is 2.37. The first-order valence-electron chi connectivity index (χ1n) is 11.6. The van der Waals surface area contributed by atoms with Gasteiger partial charge in [0.15, 0.2) is 0 Å². The second-order valence-corrected chi connectivity index (χ2v) is 10.3. The summed E-state index contributed by atoms with van der Waals surface area (Å²) < 4.78 is 5.03. The maximum absolute atomic E-state index is 12.7. The van der Waals surface area contributed by atoms with E-state index in [1.165, 1.54) is 41.5 Å². The number of carbonyl (C=O) groups is 3. The minimum absolute atomic E-state index is 0.000319. The lowest BCUT2D eigenvalue weighted by Gasteiger charge is -2.11. The molecule has 178 valence electrons. The number of aryl methyl sites for hydroxylation is 1. The average molecular weight is 489 g/mol. The Bertz CT molecular complexity index is 987. The first-order valence-corrected chi connectivity index (χ1v) is 13.4. The molecule has 0 fully saturated rings. The lowest BCUT2D eigenvalue weighted by atomic mass is 9.96. The third-order valence-corrected chi connectivity index (χ3v) is 7.76. The molecule has 2 amide bonds. The number of thiophene rings is 1. The van der Waals surface area contributed by atoms with Gasteiger partial charge in [0.05, 0.1) is 18.4 Å². The molecule has 8 heteroatoms. The Kier molecular flexibility index (Phi) is 9.81. The van der Waals surface area contributed by atoms with E-state index < -0.39 is 0 Å². The molecule has 0 bridgehead atoms. The third-order valence-electron chi connectivity index (χ3n) is 5.56. The average Bonchev–Trinajstić information content (AvgIpc) is 3.11. The van der Waals surface area contributed by atoms with Crippen molar-refractivity contribution in [3.63, 3.8) is 0 Å². The quantitative estimate of drug-likeness (QED) is 0.331. The highest BCUT2D eigenvalue weighted by molar-refractivity contribution is 8.00. The van der Waals surface area contributed by atoms with E-state index in [1.807, 2.05) is 24.3 Å². The minimum Gasteiger partial charge on any atom is -0.465 e. The fraction of sp³-hybridized carbons (Fsp3) is 0.480. The second-order valence-electron chi connectivity index (χ2n) is 8.13.